The third kappa shape index (κ3) is 4.82. The lowest BCUT2D eigenvalue weighted by atomic mass is 9.63. The molecule has 0 saturated heterocycles. The lowest BCUT2D eigenvalue weighted by Gasteiger charge is -2.49. The number of carbonyl (C=O) groups excluding carboxylic acids is 1. The van der Waals surface area contributed by atoms with E-state index >= 15 is 0 Å². The largest absolute Gasteiger partial charge is 0.490 e. The fourth-order valence-corrected chi connectivity index (χ4v) is 9.76. The number of halogens is 1. The van der Waals surface area contributed by atoms with Gasteiger partial charge in [-0.15, -0.1) is 0 Å². The van der Waals surface area contributed by atoms with E-state index < -0.39 is 26.8 Å². The van der Waals surface area contributed by atoms with E-state index in [1.807, 2.05) is 19.1 Å². The molecule has 2 bridgehead atoms. The molecule has 7 rings (SSSR count). The predicted molar refractivity (Wildman–Crippen MR) is 164 cm³/mol. The quantitative estimate of drug-likeness (QED) is 0.410. The highest BCUT2D eigenvalue weighted by atomic mass is 35.5. The SMILES string of the molecule is C[C@@H]1CCC2CC2[C@](C)(O)[C@@H]2CC[C@H]2CN2C[C@@]3(CCCc4cc(Cl)ccc43)COc3ccc(cc32)C(=O)NS1(=O)=O. The average molecular weight is 613 g/mol. The van der Waals surface area contributed by atoms with Gasteiger partial charge in [-0.2, -0.15) is 0 Å². The van der Waals surface area contributed by atoms with E-state index in [9.17, 15) is 18.3 Å². The number of hydrogen-bond donors (Lipinski definition) is 2. The van der Waals surface area contributed by atoms with E-state index in [-0.39, 0.29) is 17.3 Å². The molecule has 42 heavy (non-hydrogen) atoms. The second kappa shape index (κ2) is 10.1. The molecule has 2 N–H and O–H groups in total. The summed E-state index contributed by atoms with van der Waals surface area (Å²) >= 11 is 6.40. The standard InChI is InChI=1S/C33H41ClN2O5S/c1-20-5-6-22-15-28(22)32(2,38)26-10-7-24(26)17-36-18-33(13-3-4-21-14-25(34)9-11-27(21)33)19-41-30-12-8-23(16-29(30)36)31(37)35-42(20,39)40/h8-9,11-12,14,16,20,22,24,26,28,38H,3-7,10,13,15,17-19H2,1-2H3,(H,35,37)/t20-,22?,24+,26-,28?,32-,33+/m1/s1. The van der Waals surface area contributed by atoms with E-state index in [1.165, 1.54) is 11.1 Å². The zero-order chi connectivity index (χ0) is 29.4. The van der Waals surface area contributed by atoms with Crippen LogP contribution in [0.15, 0.2) is 36.4 Å². The highest BCUT2D eigenvalue weighted by Gasteiger charge is 2.56. The number of fused-ring (bicyclic) bond motifs is 5. The van der Waals surface area contributed by atoms with Crippen LogP contribution in [0.3, 0.4) is 0 Å². The molecule has 7 nitrogen and oxygen atoms in total. The van der Waals surface area contributed by atoms with E-state index in [1.54, 1.807) is 19.1 Å². The van der Waals surface area contributed by atoms with Gasteiger partial charge in [0.05, 0.1) is 23.1 Å². The Labute approximate surface area is 254 Å². The molecule has 1 amide bonds. The Morgan fingerprint density at radius 1 is 1.07 bits per heavy atom. The molecule has 2 heterocycles. The van der Waals surface area contributed by atoms with Crippen LogP contribution in [-0.4, -0.2) is 50.0 Å². The number of nitrogens with zero attached hydrogens (tertiary/aromatic N) is 1. The third-order valence-corrected chi connectivity index (χ3v) is 13.3. The molecule has 7 atom stereocenters. The molecule has 2 aliphatic heterocycles. The van der Waals surface area contributed by atoms with Gasteiger partial charge in [0, 0.05) is 29.1 Å². The van der Waals surface area contributed by atoms with Gasteiger partial charge >= 0.3 is 0 Å². The molecule has 226 valence electrons. The fourth-order valence-electron chi connectivity index (χ4n) is 8.55. The van der Waals surface area contributed by atoms with Crippen molar-refractivity contribution in [3.63, 3.8) is 0 Å². The van der Waals surface area contributed by atoms with E-state index in [0.29, 0.717) is 42.7 Å². The van der Waals surface area contributed by atoms with Crippen LogP contribution in [0.1, 0.15) is 80.3 Å². The number of anilines is 1. The number of nitrogens with one attached hydrogen (secondary N) is 1. The smallest absolute Gasteiger partial charge is 0.264 e. The van der Waals surface area contributed by atoms with Crippen molar-refractivity contribution in [3.8, 4) is 5.75 Å². The number of sulfonamides is 1. The van der Waals surface area contributed by atoms with Crippen LogP contribution in [0.4, 0.5) is 5.69 Å². The van der Waals surface area contributed by atoms with Crippen LogP contribution in [-0.2, 0) is 21.9 Å². The molecule has 5 aliphatic rings. The molecule has 2 aromatic carbocycles. The molecular formula is C33H41ClN2O5S. The monoisotopic (exact) mass is 612 g/mol. The number of benzene rings is 2. The van der Waals surface area contributed by atoms with Gasteiger partial charge in [0.25, 0.3) is 5.91 Å². The molecule has 2 unspecified atom stereocenters. The molecule has 2 aromatic rings. The van der Waals surface area contributed by atoms with Gasteiger partial charge in [-0.25, -0.2) is 13.1 Å². The van der Waals surface area contributed by atoms with Crippen molar-refractivity contribution in [2.24, 2.45) is 23.7 Å². The number of rotatable bonds is 0. The third-order valence-electron chi connectivity index (χ3n) is 11.3. The van der Waals surface area contributed by atoms with Crippen LogP contribution in [0.5, 0.6) is 5.75 Å². The van der Waals surface area contributed by atoms with Gasteiger partial charge in [0.1, 0.15) is 5.75 Å². The summed E-state index contributed by atoms with van der Waals surface area (Å²) in [6.45, 7) is 5.65. The van der Waals surface area contributed by atoms with Crippen LogP contribution in [0, 0.1) is 23.7 Å². The van der Waals surface area contributed by atoms with Crippen LogP contribution >= 0.6 is 11.6 Å². The second-order valence-corrected chi connectivity index (χ2v) is 16.5. The summed E-state index contributed by atoms with van der Waals surface area (Å²) in [5, 5.41) is 11.9. The van der Waals surface area contributed by atoms with Gasteiger partial charge in [-0.1, -0.05) is 17.7 Å². The van der Waals surface area contributed by atoms with Gasteiger partial charge in [0.2, 0.25) is 10.0 Å². The van der Waals surface area contributed by atoms with Gasteiger partial charge in [0.15, 0.2) is 0 Å². The van der Waals surface area contributed by atoms with Crippen molar-refractivity contribution in [2.45, 2.75) is 81.5 Å². The summed E-state index contributed by atoms with van der Waals surface area (Å²) in [6.07, 6.45) is 7.19. The summed E-state index contributed by atoms with van der Waals surface area (Å²) in [4.78, 5) is 15.7. The first-order valence-electron chi connectivity index (χ1n) is 15.6. The van der Waals surface area contributed by atoms with Crippen molar-refractivity contribution in [1.82, 2.24) is 4.72 Å². The van der Waals surface area contributed by atoms with Crippen molar-refractivity contribution >= 4 is 33.2 Å². The summed E-state index contributed by atoms with van der Waals surface area (Å²) in [5.74, 6) is 1.11. The van der Waals surface area contributed by atoms with Gasteiger partial charge < -0.3 is 14.7 Å². The lowest BCUT2D eigenvalue weighted by molar-refractivity contribution is -0.0868. The molecule has 2 saturated carbocycles. The Hall–Kier alpha value is -2.29. The minimum Gasteiger partial charge on any atom is -0.490 e. The number of amides is 1. The van der Waals surface area contributed by atoms with Gasteiger partial charge in [-0.05, 0) is 130 Å². The second-order valence-electron chi connectivity index (χ2n) is 13.9. The maximum absolute atomic E-state index is 13.3. The summed E-state index contributed by atoms with van der Waals surface area (Å²) in [7, 11) is -3.85. The number of hydrogen-bond acceptors (Lipinski definition) is 6. The molecule has 0 aromatic heterocycles. The normalized spacial score (nSPS) is 37.2. The Morgan fingerprint density at radius 2 is 1.88 bits per heavy atom. The zero-order valence-corrected chi connectivity index (χ0v) is 26.0. The zero-order valence-electron chi connectivity index (χ0n) is 24.4. The van der Waals surface area contributed by atoms with Crippen molar-refractivity contribution in [2.75, 3.05) is 24.6 Å². The Kier molecular flexibility index (Phi) is 6.87. The first-order valence-corrected chi connectivity index (χ1v) is 17.5. The maximum Gasteiger partial charge on any atom is 0.264 e. The van der Waals surface area contributed by atoms with E-state index in [0.717, 1.165) is 62.2 Å². The molecule has 9 heteroatoms. The van der Waals surface area contributed by atoms with E-state index in [4.69, 9.17) is 16.3 Å². The molecular weight excluding hydrogens is 572 g/mol. The topological polar surface area (TPSA) is 95.9 Å². The lowest BCUT2D eigenvalue weighted by Crippen LogP contribution is -2.53. The van der Waals surface area contributed by atoms with Crippen LogP contribution in [0.2, 0.25) is 5.02 Å². The fraction of sp³-hybridized carbons (Fsp3) is 0.606. The summed E-state index contributed by atoms with van der Waals surface area (Å²) in [6, 6.07) is 11.5. The van der Waals surface area contributed by atoms with E-state index in [2.05, 4.69) is 21.8 Å². The molecule has 2 fully saturated rings. The number of carbonyl (C=O) groups is 1. The first-order chi connectivity index (χ1) is 20.0. The van der Waals surface area contributed by atoms with Crippen LogP contribution < -0.4 is 14.4 Å². The summed E-state index contributed by atoms with van der Waals surface area (Å²) < 4.78 is 35.1. The average Bonchev–Trinajstić information content (AvgIpc) is 3.73. The number of aryl methyl sites for hydroxylation is 1. The number of aliphatic hydroxyl groups is 1. The Balaban J connectivity index is 1.31. The molecule has 1 spiro atoms. The Bertz CT molecular complexity index is 1530. The van der Waals surface area contributed by atoms with Crippen molar-refractivity contribution in [3.05, 3.63) is 58.1 Å². The first kappa shape index (κ1) is 28.5. The summed E-state index contributed by atoms with van der Waals surface area (Å²) in [5.41, 5.74) is 2.63. The van der Waals surface area contributed by atoms with Gasteiger partial charge in [-0.3, -0.25) is 4.79 Å². The van der Waals surface area contributed by atoms with Crippen LogP contribution in [0.25, 0.3) is 0 Å². The predicted octanol–water partition coefficient (Wildman–Crippen LogP) is 5.47. The maximum atomic E-state index is 13.3. The van der Waals surface area contributed by atoms with Crippen molar-refractivity contribution < 1.29 is 23.1 Å². The highest BCUT2D eigenvalue weighted by molar-refractivity contribution is 7.90. The highest BCUT2D eigenvalue weighted by Crippen LogP contribution is 2.57. The number of ether oxygens (including phenoxy) is 1. The van der Waals surface area contributed by atoms with Crippen molar-refractivity contribution in [1.29, 1.82) is 0 Å². The Morgan fingerprint density at radius 3 is 2.67 bits per heavy atom. The minimum atomic E-state index is -3.85. The molecule has 0 radical (unpaired) electrons. The molecule has 3 aliphatic carbocycles. The minimum absolute atomic E-state index is 0.189.